The van der Waals surface area contributed by atoms with Gasteiger partial charge in [0.15, 0.2) is 5.96 Å². The maximum atomic E-state index is 10.1. The first-order chi connectivity index (χ1) is 11.2. The second kappa shape index (κ2) is 9.08. The van der Waals surface area contributed by atoms with Gasteiger partial charge in [0.25, 0.3) is 0 Å². The lowest BCUT2D eigenvalue weighted by Gasteiger charge is -2.22. The molecule has 24 heavy (non-hydrogen) atoms. The van der Waals surface area contributed by atoms with Crippen LogP contribution in [0.15, 0.2) is 21.5 Å². The van der Waals surface area contributed by atoms with Crippen LogP contribution in [0.1, 0.15) is 56.1 Å². The van der Waals surface area contributed by atoms with Crippen molar-refractivity contribution in [3.8, 4) is 0 Å². The zero-order chi connectivity index (χ0) is 16.2. The van der Waals surface area contributed by atoms with Crippen LogP contribution in [0.3, 0.4) is 0 Å². The summed E-state index contributed by atoms with van der Waals surface area (Å²) in [5.74, 6) is 3.89. The molecule has 136 valence electrons. The summed E-state index contributed by atoms with van der Waals surface area (Å²) in [6.45, 7) is 2.27. The standard InChI is InChI=1S/C18H29N3O2.HI/c1-12-8-9-17(23-12)16(22)11-20-18(19-2)21-15-10-14(15)13-6-4-3-5-7-13;/h8-9,13-16,22H,3-7,10-11H2,1-2H3,(H2,19,20,21);1H. The molecule has 5 nitrogen and oxygen atoms in total. The number of aliphatic hydroxyl groups excluding tert-OH is 1. The number of aliphatic hydroxyl groups is 1. The number of furan rings is 1. The molecule has 3 atom stereocenters. The van der Waals surface area contributed by atoms with Crippen molar-refractivity contribution in [2.45, 2.75) is 57.6 Å². The van der Waals surface area contributed by atoms with E-state index in [1.54, 1.807) is 7.05 Å². The Kier molecular flexibility index (Phi) is 7.40. The van der Waals surface area contributed by atoms with E-state index in [4.69, 9.17) is 4.42 Å². The fourth-order valence-corrected chi connectivity index (χ4v) is 3.76. The SMILES string of the molecule is CN=C(NCC(O)c1ccc(C)o1)NC1CC1C1CCCCC1.I. The number of nitrogens with one attached hydrogen (secondary N) is 2. The van der Waals surface area contributed by atoms with E-state index in [-0.39, 0.29) is 24.0 Å². The number of halogens is 1. The Morgan fingerprint density at radius 1 is 1.33 bits per heavy atom. The minimum atomic E-state index is -0.657. The Bertz CT molecular complexity index is 540. The van der Waals surface area contributed by atoms with Gasteiger partial charge in [0, 0.05) is 13.1 Å². The summed E-state index contributed by atoms with van der Waals surface area (Å²) < 4.78 is 5.45. The number of nitrogens with zero attached hydrogens (tertiary/aromatic N) is 1. The molecule has 6 heteroatoms. The van der Waals surface area contributed by atoms with Crippen LogP contribution in [-0.4, -0.2) is 30.7 Å². The van der Waals surface area contributed by atoms with Gasteiger partial charge < -0.3 is 20.2 Å². The highest BCUT2D eigenvalue weighted by atomic mass is 127. The van der Waals surface area contributed by atoms with Crippen molar-refractivity contribution in [1.82, 2.24) is 10.6 Å². The second-order valence-corrected chi connectivity index (χ2v) is 6.97. The van der Waals surface area contributed by atoms with Gasteiger partial charge in [-0.2, -0.15) is 0 Å². The van der Waals surface area contributed by atoms with Crippen LogP contribution in [0.5, 0.6) is 0 Å². The van der Waals surface area contributed by atoms with Crippen LogP contribution in [0.4, 0.5) is 0 Å². The molecule has 0 aromatic carbocycles. The van der Waals surface area contributed by atoms with Gasteiger partial charge in [-0.1, -0.05) is 32.1 Å². The monoisotopic (exact) mass is 447 g/mol. The minimum absolute atomic E-state index is 0. The molecule has 0 aliphatic heterocycles. The third kappa shape index (κ3) is 5.12. The summed E-state index contributed by atoms with van der Waals surface area (Å²) in [5, 5.41) is 16.8. The molecule has 1 aromatic heterocycles. The van der Waals surface area contributed by atoms with Crippen molar-refractivity contribution in [2.75, 3.05) is 13.6 Å². The summed E-state index contributed by atoms with van der Waals surface area (Å²) in [5.41, 5.74) is 0. The molecule has 0 saturated heterocycles. The quantitative estimate of drug-likeness (QED) is 0.368. The second-order valence-electron chi connectivity index (χ2n) is 6.97. The normalized spacial score (nSPS) is 25.7. The molecule has 1 aromatic rings. The Balaban J connectivity index is 0.00000208. The highest BCUT2D eigenvalue weighted by Gasteiger charge is 2.43. The first-order valence-corrected chi connectivity index (χ1v) is 8.89. The first kappa shape index (κ1) is 19.6. The highest BCUT2D eigenvalue weighted by Crippen LogP contribution is 2.44. The Hall–Kier alpha value is -0.760. The summed E-state index contributed by atoms with van der Waals surface area (Å²) in [6.07, 6.45) is 7.60. The number of aryl methyl sites for hydroxylation is 1. The number of aliphatic imine (C=N–C) groups is 1. The summed E-state index contributed by atoms with van der Waals surface area (Å²) >= 11 is 0. The van der Waals surface area contributed by atoms with Gasteiger partial charge >= 0.3 is 0 Å². The third-order valence-corrected chi connectivity index (χ3v) is 5.19. The molecule has 3 N–H and O–H groups in total. The molecule has 3 unspecified atom stereocenters. The van der Waals surface area contributed by atoms with Gasteiger partial charge in [-0.3, -0.25) is 4.99 Å². The summed E-state index contributed by atoms with van der Waals surface area (Å²) in [4.78, 5) is 4.27. The van der Waals surface area contributed by atoms with E-state index < -0.39 is 6.10 Å². The summed E-state index contributed by atoms with van der Waals surface area (Å²) in [6, 6.07) is 4.23. The minimum Gasteiger partial charge on any atom is -0.464 e. The van der Waals surface area contributed by atoms with E-state index in [0.717, 1.165) is 23.6 Å². The molecule has 0 spiro atoms. The average molecular weight is 447 g/mol. The lowest BCUT2D eigenvalue weighted by molar-refractivity contribution is 0.151. The average Bonchev–Trinajstić information content (AvgIpc) is 3.22. The fraction of sp³-hybridized carbons (Fsp3) is 0.722. The van der Waals surface area contributed by atoms with Crippen molar-refractivity contribution in [2.24, 2.45) is 16.8 Å². The molecule has 2 aliphatic rings. The first-order valence-electron chi connectivity index (χ1n) is 8.89. The van der Waals surface area contributed by atoms with Crippen LogP contribution in [0.25, 0.3) is 0 Å². The molecule has 2 saturated carbocycles. The van der Waals surface area contributed by atoms with Gasteiger partial charge in [-0.25, -0.2) is 0 Å². The van der Waals surface area contributed by atoms with Gasteiger partial charge in [-0.15, -0.1) is 24.0 Å². The topological polar surface area (TPSA) is 69.8 Å². The molecule has 2 fully saturated rings. The van der Waals surface area contributed by atoms with Crippen molar-refractivity contribution < 1.29 is 9.52 Å². The van der Waals surface area contributed by atoms with Crippen LogP contribution < -0.4 is 10.6 Å². The van der Waals surface area contributed by atoms with Crippen LogP contribution >= 0.6 is 24.0 Å². The molecule has 2 aliphatic carbocycles. The van der Waals surface area contributed by atoms with Gasteiger partial charge in [-0.05, 0) is 37.3 Å². The van der Waals surface area contributed by atoms with Crippen LogP contribution in [0, 0.1) is 18.8 Å². The van der Waals surface area contributed by atoms with E-state index in [1.165, 1.54) is 38.5 Å². The van der Waals surface area contributed by atoms with E-state index >= 15 is 0 Å². The molecular weight excluding hydrogens is 417 g/mol. The molecule has 0 amide bonds. The smallest absolute Gasteiger partial charge is 0.191 e. The Morgan fingerprint density at radius 3 is 2.71 bits per heavy atom. The molecule has 1 heterocycles. The van der Waals surface area contributed by atoms with Crippen LogP contribution in [0.2, 0.25) is 0 Å². The lowest BCUT2D eigenvalue weighted by atomic mass is 9.85. The number of hydrogen-bond acceptors (Lipinski definition) is 3. The van der Waals surface area contributed by atoms with Crippen molar-refractivity contribution in [3.63, 3.8) is 0 Å². The lowest BCUT2D eigenvalue weighted by Crippen LogP contribution is -2.41. The van der Waals surface area contributed by atoms with E-state index in [9.17, 15) is 5.11 Å². The van der Waals surface area contributed by atoms with Gasteiger partial charge in [0.2, 0.25) is 0 Å². The predicted molar refractivity (Wildman–Crippen MR) is 107 cm³/mol. The Morgan fingerprint density at radius 2 is 2.08 bits per heavy atom. The number of rotatable bonds is 5. The van der Waals surface area contributed by atoms with Crippen molar-refractivity contribution >= 4 is 29.9 Å². The zero-order valence-corrected chi connectivity index (χ0v) is 17.0. The summed E-state index contributed by atoms with van der Waals surface area (Å²) in [7, 11) is 1.77. The predicted octanol–water partition coefficient (Wildman–Crippen LogP) is 3.37. The molecule has 0 bridgehead atoms. The van der Waals surface area contributed by atoms with E-state index in [1.807, 2.05) is 19.1 Å². The van der Waals surface area contributed by atoms with Crippen LogP contribution in [-0.2, 0) is 0 Å². The van der Waals surface area contributed by atoms with E-state index in [0.29, 0.717) is 18.3 Å². The van der Waals surface area contributed by atoms with Crippen molar-refractivity contribution in [3.05, 3.63) is 23.7 Å². The fourth-order valence-electron chi connectivity index (χ4n) is 3.76. The largest absolute Gasteiger partial charge is 0.464 e. The van der Waals surface area contributed by atoms with Crippen molar-refractivity contribution in [1.29, 1.82) is 0 Å². The van der Waals surface area contributed by atoms with E-state index in [2.05, 4.69) is 15.6 Å². The van der Waals surface area contributed by atoms with Gasteiger partial charge in [0.05, 0.1) is 6.54 Å². The number of guanidine groups is 1. The maximum Gasteiger partial charge on any atom is 0.191 e. The third-order valence-electron chi connectivity index (χ3n) is 5.19. The number of hydrogen-bond donors (Lipinski definition) is 3. The Labute approximate surface area is 161 Å². The molecule has 3 rings (SSSR count). The molecule has 0 radical (unpaired) electrons. The molecular formula is C18H30IN3O2. The maximum absolute atomic E-state index is 10.1. The zero-order valence-electron chi connectivity index (χ0n) is 14.6. The van der Waals surface area contributed by atoms with Gasteiger partial charge in [0.1, 0.15) is 17.6 Å². The highest BCUT2D eigenvalue weighted by molar-refractivity contribution is 14.0.